The first-order chi connectivity index (χ1) is 28.0. The summed E-state index contributed by atoms with van der Waals surface area (Å²) >= 11 is 0. The fourth-order valence-electron chi connectivity index (χ4n) is 8.56. The fourth-order valence-corrected chi connectivity index (χ4v) is 8.56. The summed E-state index contributed by atoms with van der Waals surface area (Å²) in [5, 5.41) is 4.80. The predicted molar refractivity (Wildman–Crippen MR) is 245 cm³/mol. The summed E-state index contributed by atoms with van der Waals surface area (Å²) in [5.41, 5.74) is 15.4. The summed E-state index contributed by atoms with van der Waals surface area (Å²) < 4.78 is 2.40. The van der Waals surface area contributed by atoms with E-state index in [2.05, 4.69) is 203 Å². The molecule has 4 nitrogen and oxygen atoms in total. The van der Waals surface area contributed by atoms with E-state index in [4.69, 9.17) is 9.97 Å². The van der Waals surface area contributed by atoms with E-state index in [0.29, 0.717) is 0 Å². The second-order valence-corrected chi connectivity index (χ2v) is 17.6. The maximum atomic E-state index is 5.81. The molecule has 282 valence electrons. The zero-order valence-electron chi connectivity index (χ0n) is 33.9. The van der Waals surface area contributed by atoms with Crippen LogP contribution in [0.1, 0.15) is 52.7 Å². The number of benzene rings is 7. The lowest BCUT2D eigenvalue weighted by Crippen LogP contribution is -2.11. The highest BCUT2D eigenvalue weighted by Gasteiger charge is 2.26. The summed E-state index contributed by atoms with van der Waals surface area (Å²) in [6, 6.07) is 57.1. The number of nitrogens with zero attached hydrogens (tertiary/aromatic N) is 3. The number of hydrogen-bond donors (Lipinski definition) is 1. The number of aromatic nitrogens is 4. The minimum absolute atomic E-state index is 0.0197. The van der Waals surface area contributed by atoms with Crippen molar-refractivity contribution >= 4 is 43.6 Å². The Hall–Kier alpha value is -6.78. The Balaban J connectivity index is 1.34. The lowest BCUT2D eigenvalue weighted by atomic mass is 9.84. The van der Waals surface area contributed by atoms with Crippen LogP contribution in [0.2, 0.25) is 0 Å². The highest BCUT2D eigenvalue weighted by molar-refractivity contribution is 6.13. The second-order valence-electron chi connectivity index (χ2n) is 17.6. The average Bonchev–Trinajstić information content (AvgIpc) is 3.81. The van der Waals surface area contributed by atoms with Gasteiger partial charge >= 0.3 is 0 Å². The van der Waals surface area contributed by atoms with Gasteiger partial charge in [-0.2, -0.15) is 0 Å². The summed E-state index contributed by atoms with van der Waals surface area (Å²) in [6.07, 6.45) is 1.86. The molecular weight excluding hydrogens is 705 g/mol. The molecule has 0 amide bonds. The molecule has 4 heteroatoms. The van der Waals surface area contributed by atoms with Crippen molar-refractivity contribution in [2.45, 2.75) is 52.4 Å². The summed E-state index contributed by atoms with van der Waals surface area (Å²) in [7, 11) is 0. The third-order valence-corrected chi connectivity index (χ3v) is 11.7. The number of nitrogens with one attached hydrogen (secondary N) is 1. The number of aromatic amines is 1. The van der Waals surface area contributed by atoms with Crippen LogP contribution in [0.5, 0.6) is 0 Å². The normalized spacial score (nSPS) is 12.3. The van der Waals surface area contributed by atoms with E-state index < -0.39 is 0 Å². The lowest BCUT2D eigenvalue weighted by molar-refractivity contribution is 0.590. The van der Waals surface area contributed by atoms with Crippen LogP contribution in [0, 0.1) is 0 Å². The molecule has 1 N–H and O–H groups in total. The topological polar surface area (TPSA) is 46.5 Å². The van der Waals surface area contributed by atoms with Gasteiger partial charge in [-0.3, -0.25) is 9.55 Å². The van der Waals surface area contributed by atoms with Gasteiger partial charge in [-0.25, -0.2) is 4.98 Å². The van der Waals surface area contributed by atoms with Gasteiger partial charge in [-0.15, -0.1) is 0 Å². The van der Waals surface area contributed by atoms with E-state index in [0.717, 1.165) is 72.7 Å². The van der Waals surface area contributed by atoms with Crippen LogP contribution in [0.15, 0.2) is 164 Å². The van der Waals surface area contributed by atoms with Crippen molar-refractivity contribution < 1.29 is 0 Å². The van der Waals surface area contributed by atoms with Crippen molar-refractivity contribution in [2.24, 2.45) is 0 Å². The Morgan fingerprint density at radius 1 is 0.500 bits per heavy atom. The highest BCUT2D eigenvalue weighted by Crippen LogP contribution is 2.44. The van der Waals surface area contributed by atoms with Crippen molar-refractivity contribution in [3.8, 4) is 50.6 Å². The van der Waals surface area contributed by atoms with E-state index in [9.17, 15) is 0 Å². The molecule has 0 fully saturated rings. The van der Waals surface area contributed by atoms with Gasteiger partial charge in [0, 0.05) is 44.7 Å². The molecule has 10 aromatic rings. The van der Waals surface area contributed by atoms with Crippen LogP contribution in [-0.2, 0) is 10.8 Å². The van der Waals surface area contributed by atoms with Gasteiger partial charge in [-0.1, -0.05) is 139 Å². The molecule has 58 heavy (non-hydrogen) atoms. The average molecular weight is 751 g/mol. The number of H-pyrrole nitrogens is 1. The number of imidazole rings is 1. The quantitative estimate of drug-likeness (QED) is 0.190. The summed E-state index contributed by atoms with van der Waals surface area (Å²) in [6.45, 7) is 13.8. The molecule has 0 radical (unpaired) electrons. The standard InChI is InChI=1S/C54H46N4/c1-53(2,3)37-26-27-47-43(31-37)44-32-38(54(4,5)6)33-45(50(44)56-47)52-57-51-41(42-30-36(46-23-14-15-28-55-46)29-35-19-10-11-20-39(35)42)22-16-25-49(51)58(52)48-24-13-12-21-40(48)34-17-8-7-9-18-34/h7-33,56H,1-6H3. The summed E-state index contributed by atoms with van der Waals surface area (Å²) in [4.78, 5) is 14.5. The molecule has 0 atom stereocenters. The Kier molecular flexibility index (Phi) is 8.24. The minimum Gasteiger partial charge on any atom is -0.354 e. The first-order valence-corrected chi connectivity index (χ1v) is 20.2. The van der Waals surface area contributed by atoms with Crippen LogP contribution in [-0.4, -0.2) is 19.5 Å². The summed E-state index contributed by atoms with van der Waals surface area (Å²) in [5.74, 6) is 0.898. The second kappa shape index (κ2) is 13.4. The van der Waals surface area contributed by atoms with Crippen molar-refractivity contribution in [1.29, 1.82) is 0 Å². The number of pyridine rings is 1. The molecule has 3 heterocycles. The van der Waals surface area contributed by atoms with E-state index in [1.54, 1.807) is 0 Å². The third kappa shape index (κ3) is 5.99. The maximum Gasteiger partial charge on any atom is 0.147 e. The van der Waals surface area contributed by atoms with Crippen LogP contribution in [0.4, 0.5) is 0 Å². The molecule has 7 aromatic carbocycles. The van der Waals surface area contributed by atoms with Crippen LogP contribution < -0.4 is 0 Å². The molecule has 0 unspecified atom stereocenters. The van der Waals surface area contributed by atoms with E-state index >= 15 is 0 Å². The third-order valence-electron chi connectivity index (χ3n) is 11.7. The lowest BCUT2D eigenvalue weighted by Gasteiger charge is -2.21. The molecule has 10 rings (SSSR count). The van der Waals surface area contributed by atoms with Gasteiger partial charge in [0.05, 0.1) is 27.9 Å². The van der Waals surface area contributed by atoms with Gasteiger partial charge in [0.1, 0.15) is 5.82 Å². The fraction of sp³-hybridized carbons (Fsp3) is 0.148. The SMILES string of the molecule is CC(C)(C)c1ccc2[nH]c3c(-c4nc5c(-c6cc(-c7ccccn7)cc7ccccc67)cccc5n4-c4ccccc4-c4ccccc4)cc(C(C)(C)C)cc3c2c1. The number of fused-ring (bicyclic) bond motifs is 5. The largest absolute Gasteiger partial charge is 0.354 e. The Labute approximate surface area is 339 Å². The van der Waals surface area contributed by atoms with E-state index in [1.165, 1.54) is 32.7 Å². The molecule has 0 spiro atoms. The monoisotopic (exact) mass is 750 g/mol. The van der Waals surface area contributed by atoms with Gasteiger partial charge < -0.3 is 4.98 Å². The van der Waals surface area contributed by atoms with Crippen molar-refractivity contribution in [1.82, 2.24) is 19.5 Å². The molecule has 0 aliphatic heterocycles. The molecule has 0 saturated heterocycles. The van der Waals surface area contributed by atoms with E-state index in [-0.39, 0.29) is 10.8 Å². The van der Waals surface area contributed by atoms with Crippen molar-refractivity contribution in [2.75, 3.05) is 0 Å². The van der Waals surface area contributed by atoms with Gasteiger partial charge in [-0.05, 0) is 105 Å². The first-order valence-electron chi connectivity index (χ1n) is 20.2. The van der Waals surface area contributed by atoms with Crippen molar-refractivity contribution in [3.05, 3.63) is 175 Å². The number of para-hydroxylation sites is 2. The van der Waals surface area contributed by atoms with Crippen LogP contribution >= 0.6 is 0 Å². The molecular formula is C54H46N4. The van der Waals surface area contributed by atoms with Gasteiger partial charge in [0.25, 0.3) is 0 Å². The molecule has 0 aliphatic rings. The minimum atomic E-state index is -0.108. The first kappa shape index (κ1) is 35.6. The maximum absolute atomic E-state index is 5.81. The zero-order valence-corrected chi connectivity index (χ0v) is 33.9. The smallest absolute Gasteiger partial charge is 0.147 e. The zero-order chi connectivity index (χ0) is 39.8. The Morgan fingerprint density at radius 2 is 1.22 bits per heavy atom. The Morgan fingerprint density at radius 3 is 2.02 bits per heavy atom. The van der Waals surface area contributed by atoms with E-state index in [1.807, 2.05) is 12.3 Å². The number of hydrogen-bond acceptors (Lipinski definition) is 2. The highest BCUT2D eigenvalue weighted by atomic mass is 15.1. The van der Waals surface area contributed by atoms with Crippen molar-refractivity contribution in [3.63, 3.8) is 0 Å². The van der Waals surface area contributed by atoms with Crippen LogP contribution in [0.25, 0.3) is 94.2 Å². The molecule has 0 saturated carbocycles. The molecule has 0 aliphatic carbocycles. The molecule has 3 aromatic heterocycles. The van der Waals surface area contributed by atoms with Crippen LogP contribution in [0.3, 0.4) is 0 Å². The predicted octanol–water partition coefficient (Wildman–Crippen LogP) is 14.5. The number of rotatable bonds is 5. The Bertz CT molecular complexity index is 3170. The molecule has 0 bridgehead atoms. The van der Waals surface area contributed by atoms with Gasteiger partial charge in [0.15, 0.2) is 0 Å². The van der Waals surface area contributed by atoms with Gasteiger partial charge in [0.2, 0.25) is 0 Å².